The van der Waals surface area contributed by atoms with Crippen LogP contribution >= 0.6 is 0 Å². The first-order valence-corrected chi connectivity index (χ1v) is 14.1. The largest absolute Gasteiger partial charge is 0.461 e. The highest BCUT2D eigenvalue weighted by Crippen LogP contribution is 2.73. The molecule has 7 nitrogen and oxygen atoms in total. The molecule has 6 aliphatic rings. The molecule has 1 N–H and O–H groups in total. The Bertz CT molecular complexity index is 1110. The first-order valence-electron chi connectivity index (χ1n) is 14.1. The van der Waals surface area contributed by atoms with E-state index in [0.29, 0.717) is 29.7 Å². The van der Waals surface area contributed by atoms with Gasteiger partial charge in [0.25, 0.3) is 0 Å². The number of cyclic esters (lactones) is 1. The molecule has 1 spiro atoms. The number of epoxide rings is 1. The van der Waals surface area contributed by atoms with Crippen LogP contribution in [0.3, 0.4) is 0 Å². The monoisotopic (exact) mass is 512 g/mol. The van der Waals surface area contributed by atoms with Gasteiger partial charge in [0.1, 0.15) is 24.4 Å². The van der Waals surface area contributed by atoms with Crippen molar-refractivity contribution in [3.63, 3.8) is 0 Å². The van der Waals surface area contributed by atoms with Crippen LogP contribution in [0.4, 0.5) is 0 Å². The van der Waals surface area contributed by atoms with Crippen molar-refractivity contribution in [2.75, 3.05) is 6.61 Å². The van der Waals surface area contributed by atoms with Gasteiger partial charge in [-0.05, 0) is 93.1 Å². The fraction of sp³-hybridized carbons (Fsp3) is 0.767. The molecule has 0 radical (unpaired) electrons. The minimum Gasteiger partial charge on any atom is -0.461 e. The van der Waals surface area contributed by atoms with E-state index in [-0.39, 0.29) is 47.8 Å². The van der Waals surface area contributed by atoms with Gasteiger partial charge < -0.3 is 19.3 Å². The highest BCUT2D eigenvalue weighted by atomic mass is 16.6. The van der Waals surface area contributed by atoms with Gasteiger partial charge in [-0.2, -0.15) is 0 Å². The Morgan fingerprint density at radius 1 is 1.22 bits per heavy atom. The molecular formula is C30H40O7. The molecule has 0 aromatic rings. The summed E-state index contributed by atoms with van der Waals surface area (Å²) in [6, 6.07) is 0. The molecule has 0 unspecified atom stereocenters. The Balaban J connectivity index is 1.22. The van der Waals surface area contributed by atoms with Crippen LogP contribution in [0.25, 0.3) is 0 Å². The van der Waals surface area contributed by atoms with E-state index in [1.54, 1.807) is 12.2 Å². The fourth-order valence-corrected chi connectivity index (χ4v) is 9.85. The smallest absolute Gasteiger partial charge is 0.337 e. The first kappa shape index (κ1) is 25.3. The van der Waals surface area contributed by atoms with Crippen LogP contribution in [0.15, 0.2) is 23.3 Å². The van der Waals surface area contributed by atoms with Gasteiger partial charge in [0.2, 0.25) is 0 Å². The maximum atomic E-state index is 13.3. The molecule has 0 aromatic heterocycles. The molecule has 11 atom stereocenters. The van der Waals surface area contributed by atoms with Crippen LogP contribution in [-0.4, -0.2) is 53.3 Å². The third-order valence-corrected chi connectivity index (χ3v) is 11.9. The third kappa shape index (κ3) is 3.28. The van der Waals surface area contributed by atoms with Crippen LogP contribution in [0.5, 0.6) is 0 Å². The van der Waals surface area contributed by atoms with Crippen molar-refractivity contribution in [1.82, 2.24) is 0 Å². The number of hydrogen-bond acceptors (Lipinski definition) is 7. The van der Waals surface area contributed by atoms with Crippen LogP contribution in [0, 0.1) is 40.4 Å². The lowest BCUT2D eigenvalue weighted by Crippen LogP contribution is -2.63. The summed E-state index contributed by atoms with van der Waals surface area (Å²) >= 11 is 0. The van der Waals surface area contributed by atoms with Gasteiger partial charge in [0.05, 0.1) is 17.1 Å². The Hall–Kier alpha value is -1.99. The average Bonchev–Trinajstić information content (AvgIpc) is 3.47. The average molecular weight is 513 g/mol. The molecule has 2 aliphatic heterocycles. The van der Waals surface area contributed by atoms with Crippen molar-refractivity contribution < 1.29 is 33.7 Å². The quantitative estimate of drug-likeness (QED) is 0.450. The van der Waals surface area contributed by atoms with E-state index in [1.807, 2.05) is 6.92 Å². The maximum Gasteiger partial charge on any atom is 0.337 e. The van der Waals surface area contributed by atoms with E-state index in [1.165, 1.54) is 6.92 Å². The fourth-order valence-electron chi connectivity index (χ4n) is 9.85. The number of carbonyl (C=O) groups excluding carboxylic acids is 3. The molecule has 6 rings (SSSR count). The van der Waals surface area contributed by atoms with E-state index in [0.717, 1.165) is 37.7 Å². The lowest BCUT2D eigenvalue weighted by Gasteiger charge is -2.58. The van der Waals surface area contributed by atoms with Gasteiger partial charge in [0.15, 0.2) is 5.78 Å². The Morgan fingerprint density at radius 3 is 2.68 bits per heavy atom. The Morgan fingerprint density at radius 2 is 1.97 bits per heavy atom. The van der Waals surface area contributed by atoms with Gasteiger partial charge in [-0.25, -0.2) is 4.79 Å². The van der Waals surface area contributed by atoms with E-state index in [2.05, 4.69) is 20.8 Å². The second kappa shape index (κ2) is 8.25. The van der Waals surface area contributed by atoms with Crippen LogP contribution in [-0.2, 0) is 28.6 Å². The summed E-state index contributed by atoms with van der Waals surface area (Å²) in [5.74, 6) is 1.07. The Kier molecular flexibility index (Phi) is 5.64. The molecule has 0 aromatic carbocycles. The molecule has 7 heteroatoms. The van der Waals surface area contributed by atoms with Crippen molar-refractivity contribution in [3.05, 3.63) is 23.3 Å². The minimum atomic E-state index is -0.733. The second-order valence-corrected chi connectivity index (χ2v) is 13.2. The molecule has 37 heavy (non-hydrogen) atoms. The lowest BCUT2D eigenvalue weighted by molar-refractivity contribution is -0.156. The van der Waals surface area contributed by atoms with Gasteiger partial charge in [-0.3, -0.25) is 9.59 Å². The predicted octanol–water partition coefficient (Wildman–Crippen LogP) is 3.92. The molecule has 1 saturated heterocycles. The first-order chi connectivity index (χ1) is 17.4. The van der Waals surface area contributed by atoms with E-state index < -0.39 is 23.1 Å². The number of carbonyl (C=O) groups is 3. The maximum absolute atomic E-state index is 13.3. The second-order valence-electron chi connectivity index (χ2n) is 13.2. The van der Waals surface area contributed by atoms with Crippen LogP contribution in [0.2, 0.25) is 0 Å². The van der Waals surface area contributed by atoms with Gasteiger partial charge in [0, 0.05) is 13.3 Å². The zero-order valence-corrected chi connectivity index (χ0v) is 22.6. The van der Waals surface area contributed by atoms with Gasteiger partial charge >= 0.3 is 11.9 Å². The SMILES string of the molecule is CC(=O)OCC1=C(C)C[C@H]([C@@H](C)[C@H]2CC[C@H]3[C@@H]4C[C@H]5O[C@]56[C@H](O)C=CC(=O)[C@]6(C)[C@H]4CC[C@]23C)OC1=O. The predicted molar refractivity (Wildman–Crippen MR) is 134 cm³/mol. The van der Waals surface area contributed by atoms with Crippen molar-refractivity contribution in [2.24, 2.45) is 40.4 Å². The summed E-state index contributed by atoms with van der Waals surface area (Å²) < 4.78 is 17.3. The summed E-state index contributed by atoms with van der Waals surface area (Å²) in [6.07, 6.45) is 8.05. The number of ether oxygens (including phenoxy) is 3. The van der Waals surface area contributed by atoms with Crippen molar-refractivity contribution >= 4 is 17.7 Å². The van der Waals surface area contributed by atoms with E-state index in [9.17, 15) is 19.5 Å². The number of hydrogen-bond donors (Lipinski definition) is 1. The number of aliphatic hydroxyl groups excluding tert-OH is 1. The number of fused-ring (bicyclic) bond motifs is 4. The number of allylic oxidation sites excluding steroid dienone is 1. The molecule has 3 saturated carbocycles. The summed E-state index contributed by atoms with van der Waals surface area (Å²) in [6.45, 7) is 9.97. The molecule has 4 aliphatic carbocycles. The molecule has 0 bridgehead atoms. The molecule has 0 amide bonds. The number of aliphatic hydroxyl groups is 1. The summed E-state index contributed by atoms with van der Waals surface area (Å²) in [5.41, 5.74) is 0.121. The van der Waals surface area contributed by atoms with Crippen LogP contribution < -0.4 is 0 Å². The summed E-state index contributed by atoms with van der Waals surface area (Å²) in [7, 11) is 0. The summed E-state index contributed by atoms with van der Waals surface area (Å²) in [4.78, 5) is 37.4. The Labute approximate surface area is 219 Å². The highest BCUT2D eigenvalue weighted by Gasteiger charge is 2.80. The molecule has 202 valence electrons. The zero-order valence-electron chi connectivity index (χ0n) is 22.6. The minimum absolute atomic E-state index is 0.0283. The van der Waals surface area contributed by atoms with Gasteiger partial charge in [-0.1, -0.05) is 19.4 Å². The zero-order chi connectivity index (χ0) is 26.5. The van der Waals surface area contributed by atoms with Crippen LogP contribution in [0.1, 0.15) is 73.1 Å². The summed E-state index contributed by atoms with van der Waals surface area (Å²) in [5, 5.41) is 10.9. The standard InChI is InChI=1S/C30H40O7/c1-15-12-23(36-27(34)19(15)14-35-17(3)31)16(2)20-6-7-21-18-13-26-30(37-26)25(33)9-8-24(32)29(30,5)22(18)10-11-28(20,21)4/h8-9,16,18,20-23,25-26,33H,6-7,10-14H2,1-5H3/t16-,18-,20+,21-,22-,23+,25+,26+,28+,29-,30+/m0/s1. The number of rotatable bonds is 4. The number of ketones is 1. The van der Waals surface area contributed by atoms with Crippen molar-refractivity contribution in [3.8, 4) is 0 Å². The number of esters is 2. The van der Waals surface area contributed by atoms with E-state index >= 15 is 0 Å². The highest BCUT2D eigenvalue weighted by molar-refractivity contribution is 5.98. The molecule has 2 heterocycles. The van der Waals surface area contributed by atoms with Gasteiger partial charge in [-0.15, -0.1) is 0 Å². The van der Waals surface area contributed by atoms with E-state index in [4.69, 9.17) is 14.2 Å². The van der Waals surface area contributed by atoms with Crippen molar-refractivity contribution in [2.45, 2.75) is 97.1 Å². The molecule has 4 fully saturated rings. The lowest BCUT2D eigenvalue weighted by atomic mass is 9.44. The topological polar surface area (TPSA) is 102 Å². The molecular weight excluding hydrogens is 472 g/mol. The van der Waals surface area contributed by atoms with Crippen molar-refractivity contribution in [1.29, 1.82) is 0 Å². The third-order valence-electron chi connectivity index (χ3n) is 11.9. The normalized spacial score (nSPS) is 48.9.